The summed E-state index contributed by atoms with van der Waals surface area (Å²) in [5, 5.41) is 2.82. The van der Waals surface area contributed by atoms with Gasteiger partial charge in [0.1, 0.15) is 10.7 Å². The smallest absolute Gasteiger partial charge is 0.242 e. The predicted octanol–water partition coefficient (Wildman–Crippen LogP) is 1.62. The standard InChI is InChI=1S/C20H23N5O3S/c1-16-22-10-11-25(16)15-18-5-2-4-17(12-18)13-23-20(26)7-9-24-29(27,28)19-6-3-8-21-14-19/h2-6,8,10-12,14,24H,7,9,13,15H2,1H3,(H,23,26). The van der Waals surface area contributed by atoms with Gasteiger partial charge in [0, 0.05) is 50.8 Å². The molecule has 1 aromatic carbocycles. The second kappa shape index (κ2) is 9.44. The molecule has 0 aliphatic carbocycles. The topological polar surface area (TPSA) is 106 Å². The largest absolute Gasteiger partial charge is 0.352 e. The molecule has 0 radical (unpaired) electrons. The van der Waals surface area contributed by atoms with E-state index in [2.05, 4.69) is 20.0 Å². The molecule has 2 N–H and O–H groups in total. The third kappa shape index (κ3) is 5.97. The molecule has 0 aliphatic rings. The average Bonchev–Trinajstić information content (AvgIpc) is 3.12. The lowest BCUT2D eigenvalue weighted by Crippen LogP contribution is -2.30. The van der Waals surface area contributed by atoms with Crippen LogP contribution in [-0.2, 0) is 27.9 Å². The van der Waals surface area contributed by atoms with Crippen LogP contribution in [0.4, 0.5) is 0 Å². The lowest BCUT2D eigenvalue weighted by molar-refractivity contribution is -0.121. The number of nitrogens with one attached hydrogen (secondary N) is 2. The maximum Gasteiger partial charge on any atom is 0.242 e. The summed E-state index contributed by atoms with van der Waals surface area (Å²) >= 11 is 0. The molecule has 3 rings (SSSR count). The second-order valence-corrected chi connectivity index (χ2v) is 8.30. The van der Waals surface area contributed by atoms with Gasteiger partial charge in [0.05, 0.1) is 0 Å². The molecule has 152 valence electrons. The van der Waals surface area contributed by atoms with Crippen molar-refractivity contribution in [2.75, 3.05) is 6.54 Å². The van der Waals surface area contributed by atoms with E-state index in [0.717, 1.165) is 17.0 Å². The van der Waals surface area contributed by atoms with Gasteiger partial charge in [-0.25, -0.2) is 18.1 Å². The van der Waals surface area contributed by atoms with Crippen molar-refractivity contribution in [3.05, 3.63) is 78.1 Å². The summed E-state index contributed by atoms with van der Waals surface area (Å²) < 4.78 is 28.6. The molecule has 1 amide bonds. The van der Waals surface area contributed by atoms with Gasteiger partial charge in [0.2, 0.25) is 15.9 Å². The summed E-state index contributed by atoms with van der Waals surface area (Å²) in [5.74, 6) is 0.715. The number of hydrogen-bond acceptors (Lipinski definition) is 5. The van der Waals surface area contributed by atoms with Crippen LogP contribution in [0.2, 0.25) is 0 Å². The molecule has 2 aromatic heterocycles. The number of pyridine rings is 1. The average molecular weight is 414 g/mol. The number of nitrogens with zero attached hydrogens (tertiary/aromatic N) is 3. The van der Waals surface area contributed by atoms with E-state index >= 15 is 0 Å². The molecule has 0 atom stereocenters. The first-order valence-corrected chi connectivity index (χ1v) is 10.6. The molecule has 0 saturated heterocycles. The predicted molar refractivity (Wildman–Crippen MR) is 108 cm³/mol. The Morgan fingerprint density at radius 3 is 2.69 bits per heavy atom. The number of aryl methyl sites for hydroxylation is 1. The minimum absolute atomic E-state index is 0.0169. The summed E-state index contributed by atoms with van der Waals surface area (Å²) in [7, 11) is -3.66. The van der Waals surface area contributed by atoms with E-state index in [1.165, 1.54) is 18.5 Å². The monoisotopic (exact) mass is 413 g/mol. The lowest BCUT2D eigenvalue weighted by Gasteiger charge is -2.09. The number of carbonyl (C=O) groups excluding carboxylic acids is 1. The number of aromatic nitrogens is 3. The Hall–Kier alpha value is -3.04. The van der Waals surface area contributed by atoms with Crippen LogP contribution in [0, 0.1) is 6.92 Å². The summed E-state index contributed by atoms with van der Waals surface area (Å²) in [5.41, 5.74) is 2.09. The Morgan fingerprint density at radius 1 is 1.14 bits per heavy atom. The summed E-state index contributed by atoms with van der Waals surface area (Å²) in [4.78, 5) is 20.1. The van der Waals surface area contributed by atoms with Gasteiger partial charge in [-0.2, -0.15) is 0 Å². The molecule has 8 nitrogen and oxygen atoms in total. The highest BCUT2D eigenvalue weighted by Crippen LogP contribution is 2.09. The number of hydrogen-bond donors (Lipinski definition) is 2. The third-order valence-corrected chi connectivity index (χ3v) is 5.79. The van der Waals surface area contributed by atoms with E-state index in [9.17, 15) is 13.2 Å². The highest BCUT2D eigenvalue weighted by molar-refractivity contribution is 7.89. The van der Waals surface area contributed by atoms with Gasteiger partial charge < -0.3 is 9.88 Å². The Kier molecular flexibility index (Phi) is 6.73. The molecule has 29 heavy (non-hydrogen) atoms. The van der Waals surface area contributed by atoms with Crippen LogP contribution in [0.15, 0.2) is 66.1 Å². The highest BCUT2D eigenvalue weighted by atomic mass is 32.2. The molecule has 9 heteroatoms. The highest BCUT2D eigenvalue weighted by Gasteiger charge is 2.14. The van der Waals surface area contributed by atoms with Crippen LogP contribution >= 0.6 is 0 Å². The fourth-order valence-corrected chi connectivity index (χ4v) is 3.78. The summed E-state index contributed by atoms with van der Waals surface area (Å²) in [6.07, 6.45) is 6.50. The molecular formula is C20H23N5O3S. The number of benzene rings is 1. The quantitative estimate of drug-likeness (QED) is 0.554. The normalized spacial score (nSPS) is 11.3. The van der Waals surface area contributed by atoms with E-state index in [1.807, 2.05) is 42.0 Å². The van der Waals surface area contributed by atoms with E-state index in [0.29, 0.717) is 13.1 Å². The summed E-state index contributed by atoms with van der Waals surface area (Å²) in [6.45, 7) is 3.06. The number of imidazole rings is 1. The first-order valence-electron chi connectivity index (χ1n) is 9.16. The van der Waals surface area contributed by atoms with Crippen molar-refractivity contribution in [3.63, 3.8) is 0 Å². The zero-order valence-electron chi connectivity index (χ0n) is 16.1. The van der Waals surface area contributed by atoms with Crippen LogP contribution in [0.5, 0.6) is 0 Å². The first-order chi connectivity index (χ1) is 13.9. The fraction of sp³-hybridized carbons (Fsp3) is 0.250. The van der Waals surface area contributed by atoms with Crippen LogP contribution < -0.4 is 10.0 Å². The molecule has 0 saturated carbocycles. The minimum atomic E-state index is -3.66. The molecule has 0 aliphatic heterocycles. The SMILES string of the molecule is Cc1nccn1Cc1cccc(CNC(=O)CCNS(=O)(=O)c2cccnc2)c1. The van der Waals surface area contributed by atoms with Gasteiger partial charge in [-0.1, -0.05) is 24.3 Å². The Balaban J connectivity index is 1.46. The van der Waals surface area contributed by atoms with Gasteiger partial charge in [-0.05, 0) is 30.2 Å². The van der Waals surface area contributed by atoms with Crippen molar-refractivity contribution in [2.45, 2.75) is 31.3 Å². The lowest BCUT2D eigenvalue weighted by atomic mass is 10.1. The van der Waals surface area contributed by atoms with E-state index < -0.39 is 10.0 Å². The van der Waals surface area contributed by atoms with Gasteiger partial charge in [0.25, 0.3) is 0 Å². The molecule has 0 fully saturated rings. The number of sulfonamides is 1. The van der Waals surface area contributed by atoms with E-state index in [4.69, 9.17) is 0 Å². The van der Waals surface area contributed by atoms with Crippen molar-refractivity contribution in [1.82, 2.24) is 24.6 Å². The first kappa shape index (κ1) is 20.7. The number of rotatable bonds is 9. The zero-order chi connectivity index (χ0) is 20.7. The molecule has 2 heterocycles. The van der Waals surface area contributed by atoms with Crippen molar-refractivity contribution >= 4 is 15.9 Å². The molecular weight excluding hydrogens is 390 g/mol. The Bertz CT molecular complexity index is 1060. The molecule has 0 spiro atoms. The minimum Gasteiger partial charge on any atom is -0.352 e. The van der Waals surface area contributed by atoms with Crippen molar-refractivity contribution in [3.8, 4) is 0 Å². The second-order valence-electron chi connectivity index (χ2n) is 6.54. The van der Waals surface area contributed by atoms with Gasteiger partial charge in [-0.15, -0.1) is 0 Å². The Labute approximate surface area is 170 Å². The van der Waals surface area contributed by atoms with Gasteiger partial charge in [0.15, 0.2) is 0 Å². The van der Waals surface area contributed by atoms with Gasteiger partial charge in [-0.3, -0.25) is 9.78 Å². The molecule has 0 bridgehead atoms. The number of amides is 1. The van der Waals surface area contributed by atoms with Crippen molar-refractivity contribution < 1.29 is 13.2 Å². The van der Waals surface area contributed by atoms with Gasteiger partial charge >= 0.3 is 0 Å². The van der Waals surface area contributed by atoms with Crippen molar-refractivity contribution in [1.29, 1.82) is 0 Å². The van der Waals surface area contributed by atoms with Crippen LogP contribution in [0.1, 0.15) is 23.4 Å². The van der Waals surface area contributed by atoms with Crippen LogP contribution in [0.3, 0.4) is 0 Å². The van der Waals surface area contributed by atoms with Crippen LogP contribution in [-0.4, -0.2) is 35.4 Å². The maximum absolute atomic E-state index is 12.1. The Morgan fingerprint density at radius 2 is 1.97 bits per heavy atom. The van der Waals surface area contributed by atoms with Crippen LogP contribution in [0.25, 0.3) is 0 Å². The van der Waals surface area contributed by atoms with Crippen molar-refractivity contribution in [2.24, 2.45) is 0 Å². The van der Waals surface area contributed by atoms with E-state index in [-0.39, 0.29) is 23.8 Å². The maximum atomic E-state index is 12.1. The summed E-state index contributed by atoms with van der Waals surface area (Å²) in [6, 6.07) is 10.9. The zero-order valence-corrected chi connectivity index (χ0v) is 16.9. The molecule has 0 unspecified atom stereocenters. The molecule has 3 aromatic rings. The third-order valence-electron chi connectivity index (χ3n) is 4.35. The fourth-order valence-electron chi connectivity index (χ4n) is 2.78. The number of carbonyl (C=O) groups is 1. The van der Waals surface area contributed by atoms with E-state index in [1.54, 1.807) is 12.3 Å².